The van der Waals surface area contributed by atoms with Gasteiger partial charge in [0.1, 0.15) is 6.04 Å². The fourth-order valence-electron chi connectivity index (χ4n) is 2.37. The number of aliphatic carboxylic acids is 1. The van der Waals surface area contributed by atoms with E-state index in [1.165, 1.54) is 0 Å². The summed E-state index contributed by atoms with van der Waals surface area (Å²) >= 11 is 1.55. The fraction of sp³-hybridized carbons (Fsp3) is 0.467. The first-order valence-electron chi connectivity index (χ1n) is 6.86. The normalized spacial score (nSPS) is 23.7. The number of nitrogens with one attached hydrogen (secondary N) is 2. The van der Waals surface area contributed by atoms with E-state index in [-0.39, 0.29) is 16.0 Å². The molecule has 0 spiro atoms. The van der Waals surface area contributed by atoms with Gasteiger partial charge in [0.2, 0.25) is 5.91 Å². The van der Waals surface area contributed by atoms with Gasteiger partial charge in [-0.2, -0.15) is 0 Å². The predicted molar refractivity (Wildman–Crippen MR) is 83.2 cm³/mol. The summed E-state index contributed by atoms with van der Waals surface area (Å²) in [5.41, 5.74) is 0.964. The van der Waals surface area contributed by atoms with Crippen LogP contribution >= 0.6 is 11.8 Å². The minimum atomic E-state index is -0.856. The molecule has 2 atom stereocenters. The molecule has 3 N–H and O–H groups in total. The van der Waals surface area contributed by atoms with Gasteiger partial charge in [0.25, 0.3) is 0 Å². The average molecular weight is 308 g/mol. The minimum Gasteiger partial charge on any atom is -0.480 e. The third-order valence-electron chi connectivity index (χ3n) is 3.43. The standard InChI is InChI=1S/C15H20N2O3S/c1-15(2)13(14(19)20)17-12(21-15)9-16-11(18)8-10-6-4-3-5-7-10/h3-7,12-13,17H,8-9H2,1-2H3,(H,16,18)(H,19,20)/t12-,13?/m0/s1. The summed E-state index contributed by atoms with van der Waals surface area (Å²) in [6.07, 6.45) is 0.337. The topological polar surface area (TPSA) is 78.4 Å². The van der Waals surface area contributed by atoms with Crippen LogP contribution in [0, 0.1) is 0 Å². The lowest BCUT2D eigenvalue weighted by Gasteiger charge is -2.20. The summed E-state index contributed by atoms with van der Waals surface area (Å²) in [6.45, 7) is 4.22. The zero-order valence-corrected chi connectivity index (χ0v) is 12.9. The molecule has 1 aliphatic rings. The Morgan fingerprint density at radius 2 is 2.00 bits per heavy atom. The van der Waals surface area contributed by atoms with Crippen LogP contribution in [0.4, 0.5) is 0 Å². The smallest absolute Gasteiger partial charge is 0.322 e. The fourth-order valence-corrected chi connectivity index (χ4v) is 3.78. The highest BCUT2D eigenvalue weighted by molar-refractivity contribution is 8.01. The van der Waals surface area contributed by atoms with E-state index in [0.29, 0.717) is 13.0 Å². The molecule has 1 aliphatic heterocycles. The van der Waals surface area contributed by atoms with E-state index in [2.05, 4.69) is 10.6 Å². The molecule has 0 bridgehead atoms. The average Bonchev–Trinajstić information content (AvgIpc) is 2.73. The Morgan fingerprint density at radius 1 is 1.33 bits per heavy atom. The number of carbonyl (C=O) groups excluding carboxylic acids is 1. The number of benzene rings is 1. The quantitative estimate of drug-likeness (QED) is 0.763. The molecule has 1 unspecified atom stereocenters. The summed E-state index contributed by atoms with van der Waals surface area (Å²) < 4.78 is -0.388. The van der Waals surface area contributed by atoms with Crippen LogP contribution in [0.1, 0.15) is 19.4 Å². The van der Waals surface area contributed by atoms with Crippen molar-refractivity contribution in [1.29, 1.82) is 0 Å². The van der Waals surface area contributed by atoms with E-state index in [0.717, 1.165) is 5.56 Å². The van der Waals surface area contributed by atoms with Crippen LogP contribution in [0.3, 0.4) is 0 Å². The van der Waals surface area contributed by atoms with Gasteiger partial charge in [-0.3, -0.25) is 14.9 Å². The van der Waals surface area contributed by atoms with Crippen molar-refractivity contribution in [3.63, 3.8) is 0 Å². The Kier molecular flexibility index (Phi) is 4.90. The van der Waals surface area contributed by atoms with Gasteiger partial charge in [0, 0.05) is 11.3 Å². The van der Waals surface area contributed by atoms with Crippen molar-refractivity contribution in [2.24, 2.45) is 0 Å². The first-order chi connectivity index (χ1) is 9.88. The van der Waals surface area contributed by atoms with Crippen LogP contribution in [0.15, 0.2) is 30.3 Å². The summed E-state index contributed by atoms with van der Waals surface area (Å²) in [5, 5.41) is 15.0. The second kappa shape index (κ2) is 6.49. The predicted octanol–water partition coefficient (Wildman–Crippen LogP) is 1.24. The number of hydrogen-bond donors (Lipinski definition) is 3. The van der Waals surface area contributed by atoms with Crippen molar-refractivity contribution in [2.45, 2.75) is 36.4 Å². The molecule has 1 saturated heterocycles. The molecule has 1 fully saturated rings. The molecule has 1 heterocycles. The Morgan fingerprint density at radius 3 is 2.57 bits per heavy atom. The molecule has 0 aliphatic carbocycles. The van der Waals surface area contributed by atoms with Gasteiger partial charge >= 0.3 is 5.97 Å². The lowest BCUT2D eigenvalue weighted by Crippen LogP contribution is -2.46. The highest BCUT2D eigenvalue weighted by Gasteiger charge is 2.44. The van der Waals surface area contributed by atoms with E-state index in [4.69, 9.17) is 0 Å². The van der Waals surface area contributed by atoms with Gasteiger partial charge < -0.3 is 10.4 Å². The monoisotopic (exact) mass is 308 g/mol. The molecule has 1 aromatic rings. The molecule has 114 valence electrons. The summed E-state index contributed by atoms with van der Waals surface area (Å²) in [5.74, 6) is -0.911. The summed E-state index contributed by atoms with van der Waals surface area (Å²) in [6, 6.07) is 8.93. The number of hydrogen-bond acceptors (Lipinski definition) is 4. The maximum absolute atomic E-state index is 11.9. The minimum absolute atomic E-state index is 0.0554. The second-order valence-electron chi connectivity index (χ2n) is 5.61. The highest BCUT2D eigenvalue weighted by atomic mass is 32.2. The van der Waals surface area contributed by atoms with Gasteiger partial charge in [-0.1, -0.05) is 30.3 Å². The molecule has 1 aromatic carbocycles. The van der Waals surface area contributed by atoms with Gasteiger partial charge in [0.15, 0.2) is 0 Å². The maximum atomic E-state index is 11.9. The third-order valence-corrected chi connectivity index (χ3v) is 4.86. The highest BCUT2D eigenvalue weighted by Crippen LogP contribution is 2.37. The van der Waals surface area contributed by atoms with Gasteiger partial charge in [0.05, 0.1) is 11.8 Å². The van der Waals surface area contributed by atoms with Crippen molar-refractivity contribution in [3.05, 3.63) is 35.9 Å². The molecule has 0 saturated carbocycles. The zero-order chi connectivity index (χ0) is 15.5. The Bertz CT molecular complexity index is 519. The SMILES string of the molecule is CC1(C)S[C@@H](CNC(=O)Cc2ccccc2)NC1C(=O)O. The van der Waals surface area contributed by atoms with Crippen molar-refractivity contribution in [1.82, 2.24) is 10.6 Å². The number of carboxylic acids is 1. The summed E-state index contributed by atoms with van der Waals surface area (Å²) in [4.78, 5) is 23.1. The first kappa shape index (κ1) is 15.9. The second-order valence-corrected chi connectivity index (χ2v) is 7.47. The van der Waals surface area contributed by atoms with Crippen LogP contribution in [0.2, 0.25) is 0 Å². The zero-order valence-electron chi connectivity index (χ0n) is 12.1. The molecule has 5 nitrogen and oxygen atoms in total. The van der Waals surface area contributed by atoms with Crippen LogP contribution in [-0.4, -0.2) is 39.7 Å². The number of carboxylic acid groups (broad SMARTS) is 1. The molecule has 21 heavy (non-hydrogen) atoms. The molecule has 0 radical (unpaired) electrons. The van der Waals surface area contributed by atoms with Gasteiger partial charge in [-0.05, 0) is 19.4 Å². The van der Waals surface area contributed by atoms with Crippen LogP contribution in [-0.2, 0) is 16.0 Å². The van der Waals surface area contributed by atoms with E-state index in [9.17, 15) is 14.7 Å². The number of amides is 1. The molecule has 6 heteroatoms. The number of thioether (sulfide) groups is 1. The van der Waals surface area contributed by atoms with Crippen LogP contribution in [0.5, 0.6) is 0 Å². The number of rotatable bonds is 5. The third kappa shape index (κ3) is 4.22. The molecule has 0 aromatic heterocycles. The van der Waals surface area contributed by atoms with Crippen molar-refractivity contribution in [2.75, 3.05) is 6.54 Å². The van der Waals surface area contributed by atoms with Gasteiger partial charge in [-0.15, -0.1) is 11.8 Å². The van der Waals surface area contributed by atoms with Gasteiger partial charge in [-0.25, -0.2) is 0 Å². The Balaban J connectivity index is 1.81. The maximum Gasteiger partial charge on any atom is 0.322 e. The lowest BCUT2D eigenvalue weighted by molar-refractivity contribution is -0.139. The largest absolute Gasteiger partial charge is 0.480 e. The number of carbonyl (C=O) groups is 2. The van der Waals surface area contributed by atoms with Crippen LogP contribution < -0.4 is 10.6 Å². The van der Waals surface area contributed by atoms with E-state index in [1.54, 1.807) is 11.8 Å². The Labute approximate surface area is 128 Å². The van der Waals surface area contributed by atoms with Crippen molar-refractivity contribution < 1.29 is 14.7 Å². The molecule has 1 amide bonds. The molecule has 2 rings (SSSR count). The van der Waals surface area contributed by atoms with Crippen molar-refractivity contribution in [3.8, 4) is 0 Å². The lowest BCUT2D eigenvalue weighted by atomic mass is 10.0. The molecular formula is C15H20N2O3S. The first-order valence-corrected chi connectivity index (χ1v) is 7.74. The van der Waals surface area contributed by atoms with Crippen molar-refractivity contribution >= 4 is 23.6 Å². The Hall–Kier alpha value is -1.53. The molecular weight excluding hydrogens is 288 g/mol. The van der Waals surface area contributed by atoms with E-state index < -0.39 is 12.0 Å². The summed E-state index contributed by atoms with van der Waals surface area (Å²) in [7, 11) is 0. The van der Waals surface area contributed by atoms with Crippen LogP contribution in [0.25, 0.3) is 0 Å². The van der Waals surface area contributed by atoms with E-state index in [1.807, 2.05) is 44.2 Å². The van der Waals surface area contributed by atoms with E-state index >= 15 is 0 Å².